The van der Waals surface area contributed by atoms with Crippen molar-refractivity contribution in [1.82, 2.24) is 0 Å². The molecular formula is C18H21N. The second-order valence-corrected chi connectivity index (χ2v) is 5.99. The maximum absolute atomic E-state index is 6.30. The Labute approximate surface area is 115 Å². The van der Waals surface area contributed by atoms with Crippen LogP contribution in [0.4, 0.5) is 0 Å². The zero-order valence-electron chi connectivity index (χ0n) is 11.7. The van der Waals surface area contributed by atoms with E-state index in [0.29, 0.717) is 5.92 Å². The van der Waals surface area contributed by atoms with E-state index in [4.69, 9.17) is 5.73 Å². The Morgan fingerprint density at radius 3 is 2.53 bits per heavy atom. The summed E-state index contributed by atoms with van der Waals surface area (Å²) >= 11 is 0. The van der Waals surface area contributed by atoms with Crippen LogP contribution in [0.15, 0.2) is 42.5 Å². The van der Waals surface area contributed by atoms with Crippen molar-refractivity contribution in [2.75, 3.05) is 0 Å². The Bertz CT molecular complexity index is 598. The first kappa shape index (κ1) is 12.4. The van der Waals surface area contributed by atoms with Gasteiger partial charge >= 0.3 is 0 Å². The molecule has 0 saturated heterocycles. The molecule has 0 aromatic heterocycles. The Morgan fingerprint density at radius 2 is 1.74 bits per heavy atom. The van der Waals surface area contributed by atoms with Crippen molar-refractivity contribution in [3.63, 3.8) is 0 Å². The normalized spacial score (nSPS) is 14.3. The molecule has 2 aromatic rings. The Balaban J connectivity index is 1.93. The van der Waals surface area contributed by atoms with Crippen LogP contribution in [0.2, 0.25) is 0 Å². The molecule has 0 fully saturated rings. The van der Waals surface area contributed by atoms with Crippen molar-refractivity contribution in [3.8, 4) is 11.1 Å². The molecule has 0 spiro atoms. The average molecular weight is 251 g/mol. The van der Waals surface area contributed by atoms with E-state index in [2.05, 4.69) is 56.3 Å². The number of rotatable bonds is 3. The minimum Gasteiger partial charge on any atom is -0.324 e. The average Bonchev–Trinajstić information content (AvgIpc) is 2.75. The highest BCUT2D eigenvalue weighted by molar-refractivity contribution is 5.76. The summed E-state index contributed by atoms with van der Waals surface area (Å²) in [5, 5.41) is 0. The molecule has 0 heterocycles. The first-order valence-electron chi connectivity index (χ1n) is 7.12. The van der Waals surface area contributed by atoms with Gasteiger partial charge in [-0.1, -0.05) is 56.3 Å². The van der Waals surface area contributed by atoms with Crippen LogP contribution in [0.1, 0.15) is 43.0 Å². The van der Waals surface area contributed by atoms with Crippen LogP contribution < -0.4 is 5.73 Å². The minimum atomic E-state index is 0.161. The van der Waals surface area contributed by atoms with Crippen molar-refractivity contribution in [3.05, 3.63) is 59.2 Å². The van der Waals surface area contributed by atoms with Crippen LogP contribution in [-0.2, 0) is 6.42 Å². The van der Waals surface area contributed by atoms with Gasteiger partial charge < -0.3 is 5.73 Å². The van der Waals surface area contributed by atoms with E-state index in [1.54, 1.807) is 0 Å². The van der Waals surface area contributed by atoms with E-state index in [0.717, 1.165) is 12.8 Å². The highest BCUT2D eigenvalue weighted by Gasteiger charge is 2.19. The molecule has 0 amide bonds. The molecule has 0 unspecified atom stereocenters. The maximum atomic E-state index is 6.30. The standard InChI is InChI=1S/C18H21N/c1-12(2)9-18(19)14-7-8-17-15(11-14)10-13-5-3-4-6-16(13)17/h3-8,11-12,18H,9-10,19H2,1-2H3/t18-/m0/s1. The summed E-state index contributed by atoms with van der Waals surface area (Å²) in [5.74, 6) is 0.639. The lowest BCUT2D eigenvalue weighted by atomic mass is 9.95. The Kier molecular flexibility index (Phi) is 3.16. The topological polar surface area (TPSA) is 26.0 Å². The maximum Gasteiger partial charge on any atom is 0.0297 e. The van der Waals surface area contributed by atoms with E-state index in [1.165, 1.54) is 27.8 Å². The van der Waals surface area contributed by atoms with E-state index >= 15 is 0 Å². The lowest BCUT2D eigenvalue weighted by Gasteiger charge is -2.15. The van der Waals surface area contributed by atoms with Gasteiger partial charge in [0.2, 0.25) is 0 Å². The van der Waals surface area contributed by atoms with E-state index in [9.17, 15) is 0 Å². The quantitative estimate of drug-likeness (QED) is 0.737. The van der Waals surface area contributed by atoms with E-state index < -0.39 is 0 Å². The largest absolute Gasteiger partial charge is 0.324 e. The molecule has 3 rings (SSSR count). The van der Waals surface area contributed by atoms with Gasteiger partial charge in [0.15, 0.2) is 0 Å². The first-order chi connectivity index (χ1) is 9.15. The van der Waals surface area contributed by atoms with Gasteiger partial charge in [0.25, 0.3) is 0 Å². The van der Waals surface area contributed by atoms with Crippen molar-refractivity contribution >= 4 is 0 Å². The summed E-state index contributed by atoms with van der Waals surface area (Å²) in [6.07, 6.45) is 2.10. The van der Waals surface area contributed by atoms with Crippen LogP contribution in [0.25, 0.3) is 11.1 Å². The number of benzene rings is 2. The lowest BCUT2D eigenvalue weighted by molar-refractivity contribution is 0.510. The van der Waals surface area contributed by atoms with Crippen molar-refractivity contribution in [2.24, 2.45) is 11.7 Å². The second-order valence-electron chi connectivity index (χ2n) is 5.99. The molecule has 1 atom stereocenters. The number of hydrogen-bond acceptors (Lipinski definition) is 1. The predicted molar refractivity (Wildman–Crippen MR) is 81.1 cm³/mol. The molecule has 1 aliphatic carbocycles. The van der Waals surface area contributed by atoms with Gasteiger partial charge in [-0.3, -0.25) is 0 Å². The molecule has 1 nitrogen and oxygen atoms in total. The summed E-state index contributed by atoms with van der Waals surface area (Å²) in [7, 11) is 0. The highest BCUT2D eigenvalue weighted by Crippen LogP contribution is 2.37. The van der Waals surface area contributed by atoms with Gasteiger partial charge in [-0.25, -0.2) is 0 Å². The SMILES string of the molecule is CC(C)C[C@H](N)c1ccc2c(c1)Cc1ccccc1-2. The van der Waals surface area contributed by atoms with Gasteiger partial charge in [-0.15, -0.1) is 0 Å². The lowest BCUT2D eigenvalue weighted by Crippen LogP contribution is -2.13. The number of fused-ring (bicyclic) bond motifs is 3. The summed E-state index contributed by atoms with van der Waals surface area (Å²) in [5.41, 5.74) is 13.2. The summed E-state index contributed by atoms with van der Waals surface area (Å²) in [4.78, 5) is 0. The summed E-state index contributed by atoms with van der Waals surface area (Å²) in [6, 6.07) is 15.6. The molecule has 2 N–H and O–H groups in total. The molecule has 98 valence electrons. The molecule has 0 aliphatic heterocycles. The van der Waals surface area contributed by atoms with Gasteiger partial charge in [-0.05, 0) is 46.6 Å². The van der Waals surface area contributed by atoms with Gasteiger partial charge in [-0.2, -0.15) is 0 Å². The van der Waals surface area contributed by atoms with E-state index in [-0.39, 0.29) is 6.04 Å². The molecule has 0 saturated carbocycles. The molecule has 2 aromatic carbocycles. The van der Waals surface area contributed by atoms with Gasteiger partial charge in [0, 0.05) is 6.04 Å². The Hall–Kier alpha value is -1.60. The fraction of sp³-hybridized carbons (Fsp3) is 0.333. The molecule has 19 heavy (non-hydrogen) atoms. The third-order valence-corrected chi connectivity index (χ3v) is 3.97. The molecular weight excluding hydrogens is 230 g/mol. The van der Waals surface area contributed by atoms with Crippen LogP contribution in [-0.4, -0.2) is 0 Å². The van der Waals surface area contributed by atoms with E-state index in [1.807, 2.05) is 0 Å². The predicted octanol–water partition coefficient (Wildman–Crippen LogP) is 4.30. The Morgan fingerprint density at radius 1 is 1.00 bits per heavy atom. The number of hydrogen-bond donors (Lipinski definition) is 1. The fourth-order valence-electron chi connectivity index (χ4n) is 3.04. The fourth-order valence-corrected chi connectivity index (χ4v) is 3.04. The third-order valence-electron chi connectivity index (χ3n) is 3.97. The summed E-state index contributed by atoms with van der Waals surface area (Å²) < 4.78 is 0. The zero-order valence-corrected chi connectivity index (χ0v) is 11.7. The zero-order chi connectivity index (χ0) is 13.4. The first-order valence-corrected chi connectivity index (χ1v) is 7.12. The van der Waals surface area contributed by atoms with Crippen molar-refractivity contribution < 1.29 is 0 Å². The molecule has 1 heteroatoms. The molecule has 0 radical (unpaired) electrons. The minimum absolute atomic E-state index is 0.161. The smallest absolute Gasteiger partial charge is 0.0297 e. The van der Waals surface area contributed by atoms with Crippen molar-refractivity contribution in [2.45, 2.75) is 32.7 Å². The highest BCUT2D eigenvalue weighted by atomic mass is 14.6. The van der Waals surface area contributed by atoms with Gasteiger partial charge in [0.05, 0.1) is 0 Å². The second kappa shape index (κ2) is 4.82. The monoisotopic (exact) mass is 251 g/mol. The van der Waals surface area contributed by atoms with Crippen molar-refractivity contribution in [1.29, 1.82) is 0 Å². The van der Waals surface area contributed by atoms with Gasteiger partial charge in [0.1, 0.15) is 0 Å². The summed E-state index contributed by atoms with van der Waals surface area (Å²) in [6.45, 7) is 4.45. The third kappa shape index (κ3) is 2.31. The van der Waals surface area contributed by atoms with Crippen LogP contribution in [0.3, 0.4) is 0 Å². The molecule has 1 aliphatic rings. The molecule has 0 bridgehead atoms. The van der Waals surface area contributed by atoms with Crippen LogP contribution in [0.5, 0.6) is 0 Å². The number of nitrogens with two attached hydrogens (primary N) is 1. The van der Waals surface area contributed by atoms with Crippen LogP contribution in [0, 0.1) is 5.92 Å². The van der Waals surface area contributed by atoms with Crippen LogP contribution >= 0.6 is 0 Å².